The van der Waals surface area contributed by atoms with Crippen LogP contribution in [-0.2, 0) is 0 Å². The first-order valence-corrected chi connectivity index (χ1v) is 23.7. The molecule has 0 saturated carbocycles. The van der Waals surface area contributed by atoms with Crippen molar-refractivity contribution in [3.63, 3.8) is 0 Å². The van der Waals surface area contributed by atoms with Gasteiger partial charge in [-0.25, -0.2) is 9.97 Å². The normalized spacial score (nSPS) is 14.1. The zero-order valence-electron chi connectivity index (χ0n) is 33.0. The van der Waals surface area contributed by atoms with Gasteiger partial charge < -0.3 is 0 Å². The van der Waals surface area contributed by atoms with E-state index in [2.05, 4.69) is 221 Å². The van der Waals surface area contributed by atoms with Crippen LogP contribution in [0, 0.1) is 0 Å². The Morgan fingerprint density at radius 2 is 1.23 bits per heavy atom. The summed E-state index contributed by atoms with van der Waals surface area (Å²) in [6, 6.07) is 71.5. The largest absolute Gasteiger partial charge is 0.276 e. The van der Waals surface area contributed by atoms with Crippen molar-refractivity contribution < 1.29 is 0 Å². The summed E-state index contributed by atoms with van der Waals surface area (Å²) in [6.07, 6.45) is 6.82. The van der Waals surface area contributed by atoms with Gasteiger partial charge >= 0.3 is 0 Å². The molecule has 0 fully saturated rings. The number of imidazole rings is 2. The van der Waals surface area contributed by atoms with Gasteiger partial charge in [-0.15, -0.1) is 11.3 Å². The molecule has 1 aliphatic rings. The standard InChI is InChI=1S/C55H36N4SSi/c1-4-18-37(19-5-1)58-53-48(59-47-30-12-11-29-46(47)56-55(58)59)34-33-44-43-27-15-26-41(51(43)57-52(44)53)36-17-14-24-40(35-36)61(38-20-6-2-7-21-38,39-22-8-3-9-23-39)50-32-16-28-45-42-25-10-13-31-49(42)60-54(45)50/h1-35,41H. The molecule has 0 amide bonds. The van der Waals surface area contributed by atoms with Gasteiger partial charge in [-0.2, -0.15) is 0 Å². The van der Waals surface area contributed by atoms with Crippen LogP contribution in [-0.4, -0.2) is 27.0 Å². The molecule has 0 N–H and O–H groups in total. The van der Waals surface area contributed by atoms with Crippen LogP contribution in [0.5, 0.6) is 0 Å². The number of nitrogens with zero attached hydrogens (tertiary/aromatic N) is 4. The number of fused-ring (bicyclic) bond motifs is 12. The average Bonchev–Trinajstić information content (AvgIpc) is 4.09. The third kappa shape index (κ3) is 4.91. The van der Waals surface area contributed by atoms with E-state index >= 15 is 0 Å². The zero-order valence-corrected chi connectivity index (χ0v) is 34.8. The predicted molar refractivity (Wildman–Crippen MR) is 258 cm³/mol. The van der Waals surface area contributed by atoms with Crippen LogP contribution in [0.2, 0.25) is 0 Å². The van der Waals surface area contributed by atoms with Gasteiger partial charge in [0.25, 0.3) is 0 Å². The molecule has 0 spiro atoms. The number of benzene rings is 8. The van der Waals surface area contributed by atoms with E-state index in [1.807, 2.05) is 11.3 Å². The number of rotatable bonds is 6. The molecule has 0 saturated heterocycles. The number of para-hydroxylation sites is 3. The molecule has 1 atom stereocenters. The van der Waals surface area contributed by atoms with Crippen molar-refractivity contribution in [2.75, 3.05) is 0 Å². The van der Waals surface area contributed by atoms with E-state index in [-0.39, 0.29) is 5.92 Å². The Kier molecular flexibility index (Phi) is 7.52. The van der Waals surface area contributed by atoms with Crippen molar-refractivity contribution in [3.8, 4) is 5.69 Å². The molecule has 286 valence electrons. The zero-order chi connectivity index (χ0) is 40.1. The van der Waals surface area contributed by atoms with Gasteiger partial charge in [-0.3, -0.25) is 8.97 Å². The van der Waals surface area contributed by atoms with Gasteiger partial charge in [-0.05, 0) is 68.8 Å². The molecule has 0 bridgehead atoms. The highest BCUT2D eigenvalue weighted by atomic mass is 32.1. The van der Waals surface area contributed by atoms with Crippen LogP contribution >= 0.6 is 11.3 Å². The molecular weight excluding hydrogens is 777 g/mol. The first-order valence-electron chi connectivity index (χ1n) is 20.9. The SMILES string of the molecule is C1=CC(c2cccc([Si](c3ccccc3)(c3ccccc3)c3cccc4c3sc3ccccc34)c2)c2nc3c(ccc4c3n(-c3ccccc3)c3nc5ccccc5n43)c2=C1. The van der Waals surface area contributed by atoms with Crippen molar-refractivity contribution in [2.45, 2.75) is 5.92 Å². The highest BCUT2D eigenvalue weighted by Crippen LogP contribution is 2.37. The highest BCUT2D eigenvalue weighted by Gasteiger charge is 2.43. The van der Waals surface area contributed by atoms with Crippen LogP contribution in [0.4, 0.5) is 0 Å². The summed E-state index contributed by atoms with van der Waals surface area (Å²) in [6.45, 7) is 0. The maximum Gasteiger partial charge on any atom is 0.220 e. The second kappa shape index (κ2) is 13.3. The Morgan fingerprint density at radius 1 is 0.541 bits per heavy atom. The maximum absolute atomic E-state index is 5.68. The third-order valence-corrected chi connectivity index (χ3v) is 19.1. The quantitative estimate of drug-likeness (QED) is 0.124. The monoisotopic (exact) mass is 812 g/mol. The van der Waals surface area contributed by atoms with Gasteiger partial charge in [0.05, 0.1) is 33.3 Å². The summed E-state index contributed by atoms with van der Waals surface area (Å²) in [5, 5.41) is 10.5. The Bertz CT molecular complexity index is 3730. The number of aromatic nitrogens is 4. The minimum atomic E-state index is -2.92. The molecule has 4 nitrogen and oxygen atoms in total. The lowest BCUT2D eigenvalue weighted by Crippen LogP contribution is -2.74. The average molecular weight is 813 g/mol. The molecular formula is C55H36N4SSi. The van der Waals surface area contributed by atoms with Crippen molar-refractivity contribution in [1.29, 1.82) is 0 Å². The molecule has 0 radical (unpaired) electrons. The lowest BCUT2D eigenvalue weighted by molar-refractivity contribution is 0.964. The van der Waals surface area contributed by atoms with Gasteiger partial charge in [0.2, 0.25) is 5.78 Å². The molecule has 61 heavy (non-hydrogen) atoms. The molecule has 1 unspecified atom stereocenters. The molecule has 6 heteroatoms. The molecule has 4 heterocycles. The Balaban J connectivity index is 1.06. The van der Waals surface area contributed by atoms with Crippen molar-refractivity contribution in [1.82, 2.24) is 18.9 Å². The Labute approximate surface area is 356 Å². The summed E-state index contributed by atoms with van der Waals surface area (Å²) in [7, 11) is -2.92. The van der Waals surface area contributed by atoms with Crippen molar-refractivity contribution in [2.24, 2.45) is 0 Å². The fraction of sp³-hybridized carbons (Fsp3) is 0.0182. The van der Waals surface area contributed by atoms with E-state index in [1.165, 1.54) is 51.7 Å². The van der Waals surface area contributed by atoms with Crippen LogP contribution in [0.15, 0.2) is 206 Å². The predicted octanol–water partition coefficient (Wildman–Crippen LogP) is 9.93. The number of hydrogen-bond donors (Lipinski definition) is 0. The lowest BCUT2D eigenvalue weighted by atomic mass is 9.91. The van der Waals surface area contributed by atoms with Gasteiger partial charge in [0.15, 0.2) is 8.07 Å². The first kappa shape index (κ1) is 34.5. The number of thiophene rings is 1. The number of allylic oxidation sites excluding steroid dienone is 2. The second-order valence-electron chi connectivity index (χ2n) is 16.1. The Morgan fingerprint density at radius 3 is 2.05 bits per heavy atom. The maximum atomic E-state index is 5.68. The van der Waals surface area contributed by atoms with Crippen molar-refractivity contribution >= 4 is 105 Å². The van der Waals surface area contributed by atoms with Crippen molar-refractivity contribution in [3.05, 3.63) is 223 Å². The van der Waals surface area contributed by atoms with E-state index in [9.17, 15) is 0 Å². The molecule has 8 aromatic carbocycles. The first-order chi connectivity index (χ1) is 30.3. The van der Waals surface area contributed by atoms with Crippen LogP contribution in [0.25, 0.3) is 70.7 Å². The molecule has 4 aromatic heterocycles. The minimum absolute atomic E-state index is 0.0363. The fourth-order valence-electron chi connectivity index (χ4n) is 10.3. The number of hydrogen-bond acceptors (Lipinski definition) is 3. The molecule has 1 aliphatic carbocycles. The summed E-state index contributed by atoms with van der Waals surface area (Å²) in [4.78, 5) is 10.9. The molecule has 0 aliphatic heterocycles. The van der Waals surface area contributed by atoms with Gasteiger partial charge in [0.1, 0.15) is 0 Å². The van der Waals surface area contributed by atoms with E-state index in [4.69, 9.17) is 9.97 Å². The van der Waals surface area contributed by atoms with E-state index < -0.39 is 8.07 Å². The molecule has 12 aromatic rings. The highest BCUT2D eigenvalue weighted by molar-refractivity contribution is 7.30. The van der Waals surface area contributed by atoms with Gasteiger partial charge in [0, 0.05) is 42.4 Å². The fourth-order valence-corrected chi connectivity index (χ4v) is 16.9. The van der Waals surface area contributed by atoms with Crippen LogP contribution < -0.4 is 26.0 Å². The van der Waals surface area contributed by atoms with E-state index in [0.29, 0.717) is 0 Å². The summed E-state index contributed by atoms with van der Waals surface area (Å²) >= 11 is 1.93. The molecule has 13 rings (SSSR count). The second-order valence-corrected chi connectivity index (χ2v) is 20.9. The Hall–Kier alpha value is -7.38. The summed E-state index contributed by atoms with van der Waals surface area (Å²) < 4.78 is 7.29. The topological polar surface area (TPSA) is 35.1 Å². The smallest absolute Gasteiger partial charge is 0.220 e. The van der Waals surface area contributed by atoms with Crippen LogP contribution in [0.1, 0.15) is 17.2 Å². The summed E-state index contributed by atoms with van der Waals surface area (Å²) in [5.74, 6) is 0.852. The van der Waals surface area contributed by atoms with E-state index in [0.717, 1.165) is 50.1 Å². The van der Waals surface area contributed by atoms with Gasteiger partial charge in [-0.1, -0.05) is 170 Å². The third-order valence-electron chi connectivity index (χ3n) is 12.9. The van der Waals surface area contributed by atoms with E-state index in [1.54, 1.807) is 0 Å². The minimum Gasteiger partial charge on any atom is -0.276 e. The lowest BCUT2D eigenvalue weighted by Gasteiger charge is -2.35. The van der Waals surface area contributed by atoms with Crippen LogP contribution in [0.3, 0.4) is 0 Å². The summed E-state index contributed by atoms with van der Waals surface area (Å²) in [5.41, 5.74) is 8.63.